The molecule has 1 aromatic heterocycles. The molecule has 1 fully saturated rings. The average Bonchev–Trinajstić information content (AvgIpc) is 2.96. The van der Waals surface area contributed by atoms with Crippen LogP contribution in [0.4, 0.5) is 5.69 Å². The molecule has 2 heterocycles. The molecule has 0 radical (unpaired) electrons. The molecule has 1 saturated heterocycles. The molecule has 0 bridgehead atoms. The zero-order chi connectivity index (χ0) is 19.3. The van der Waals surface area contributed by atoms with E-state index in [0.717, 1.165) is 19.3 Å². The van der Waals surface area contributed by atoms with Gasteiger partial charge in [-0.15, -0.1) is 0 Å². The fraction of sp³-hybridized carbons (Fsp3) is 0.765. The van der Waals surface area contributed by atoms with Crippen molar-refractivity contribution in [3.63, 3.8) is 0 Å². The monoisotopic (exact) mass is 369 g/mol. The van der Waals surface area contributed by atoms with Crippen molar-refractivity contribution < 1.29 is 23.9 Å². The molecule has 146 valence electrons. The van der Waals surface area contributed by atoms with Gasteiger partial charge in [0.15, 0.2) is 6.29 Å². The maximum Gasteiger partial charge on any atom is 0.363 e. The summed E-state index contributed by atoms with van der Waals surface area (Å²) in [6.07, 6.45) is 2.60. The maximum atomic E-state index is 12.3. The summed E-state index contributed by atoms with van der Waals surface area (Å²) in [4.78, 5) is 23.4. The SMILES string of the molecule is CCOC(=O)c1c([N+](=O)[O-])c(C(C)(C)C)nn1CCO[C@@H]1CCCCO1. The van der Waals surface area contributed by atoms with Gasteiger partial charge in [-0.25, -0.2) is 9.48 Å². The van der Waals surface area contributed by atoms with E-state index < -0.39 is 16.3 Å². The van der Waals surface area contributed by atoms with Gasteiger partial charge in [-0.3, -0.25) is 10.1 Å². The van der Waals surface area contributed by atoms with Crippen LogP contribution in [0.25, 0.3) is 0 Å². The molecule has 0 spiro atoms. The summed E-state index contributed by atoms with van der Waals surface area (Å²) in [5.74, 6) is -0.754. The number of hydrogen-bond donors (Lipinski definition) is 0. The average molecular weight is 369 g/mol. The highest BCUT2D eigenvalue weighted by Gasteiger charge is 2.38. The van der Waals surface area contributed by atoms with E-state index in [1.54, 1.807) is 6.92 Å². The minimum atomic E-state index is -0.754. The molecule has 1 aromatic rings. The second kappa shape index (κ2) is 8.59. The molecule has 26 heavy (non-hydrogen) atoms. The Morgan fingerprint density at radius 3 is 2.69 bits per heavy atom. The van der Waals surface area contributed by atoms with Crippen LogP contribution in [0.2, 0.25) is 0 Å². The van der Waals surface area contributed by atoms with Gasteiger partial charge < -0.3 is 14.2 Å². The lowest BCUT2D eigenvalue weighted by Crippen LogP contribution is -2.25. The Morgan fingerprint density at radius 1 is 1.42 bits per heavy atom. The van der Waals surface area contributed by atoms with Crippen molar-refractivity contribution in [2.45, 2.75) is 65.2 Å². The summed E-state index contributed by atoms with van der Waals surface area (Å²) in [7, 11) is 0. The second-order valence-corrected chi connectivity index (χ2v) is 7.16. The Bertz CT molecular complexity index is 644. The molecule has 0 N–H and O–H groups in total. The van der Waals surface area contributed by atoms with Gasteiger partial charge in [-0.05, 0) is 26.2 Å². The van der Waals surface area contributed by atoms with Crippen LogP contribution in [0.5, 0.6) is 0 Å². The van der Waals surface area contributed by atoms with Crippen LogP contribution in [0.1, 0.15) is 63.1 Å². The van der Waals surface area contributed by atoms with Crippen molar-refractivity contribution in [1.82, 2.24) is 9.78 Å². The Hall–Kier alpha value is -2.00. The standard InChI is InChI=1S/C17H27N3O6/c1-5-24-16(21)14-13(20(22)23)15(17(2,3)4)18-19(14)9-11-26-12-8-6-7-10-25-12/h12H,5-11H2,1-4H3/t12-/m1/s1. The lowest BCUT2D eigenvalue weighted by molar-refractivity contribution is -0.386. The van der Waals surface area contributed by atoms with E-state index in [1.807, 2.05) is 20.8 Å². The summed E-state index contributed by atoms with van der Waals surface area (Å²) < 4.78 is 17.5. The van der Waals surface area contributed by atoms with Crippen LogP contribution in [0.3, 0.4) is 0 Å². The van der Waals surface area contributed by atoms with Crippen LogP contribution in [-0.4, -0.2) is 46.8 Å². The highest BCUT2D eigenvalue weighted by molar-refractivity contribution is 5.92. The number of esters is 1. The highest BCUT2D eigenvalue weighted by atomic mass is 16.7. The first-order chi connectivity index (χ1) is 12.3. The largest absolute Gasteiger partial charge is 0.461 e. The number of carbonyl (C=O) groups is 1. The third-order valence-electron chi connectivity index (χ3n) is 4.03. The molecule has 1 aliphatic rings. The summed E-state index contributed by atoms with van der Waals surface area (Å²) in [5.41, 5.74) is -0.790. The van der Waals surface area contributed by atoms with Crippen molar-refractivity contribution in [2.24, 2.45) is 0 Å². The molecule has 0 unspecified atom stereocenters. The number of rotatable bonds is 7. The van der Waals surface area contributed by atoms with Crippen molar-refractivity contribution >= 4 is 11.7 Å². The Labute approximate surface area is 152 Å². The van der Waals surface area contributed by atoms with Crippen molar-refractivity contribution in [2.75, 3.05) is 19.8 Å². The van der Waals surface area contributed by atoms with Gasteiger partial charge >= 0.3 is 11.7 Å². The normalized spacial score (nSPS) is 17.9. The zero-order valence-corrected chi connectivity index (χ0v) is 15.8. The van der Waals surface area contributed by atoms with Crippen LogP contribution in [0, 0.1) is 10.1 Å². The van der Waals surface area contributed by atoms with Crippen LogP contribution >= 0.6 is 0 Å². The number of hydrogen-bond acceptors (Lipinski definition) is 7. The summed E-state index contributed by atoms with van der Waals surface area (Å²) >= 11 is 0. The first kappa shape index (κ1) is 20.3. The summed E-state index contributed by atoms with van der Waals surface area (Å²) in [6, 6.07) is 0. The minimum Gasteiger partial charge on any atom is -0.461 e. The topological polar surface area (TPSA) is 106 Å². The molecule has 2 rings (SSSR count). The Kier molecular flexibility index (Phi) is 6.71. The van der Waals surface area contributed by atoms with Gasteiger partial charge in [0.2, 0.25) is 5.69 Å². The molecule has 0 aromatic carbocycles. The van der Waals surface area contributed by atoms with E-state index in [0.29, 0.717) is 6.61 Å². The lowest BCUT2D eigenvalue weighted by Gasteiger charge is -2.22. The number of ether oxygens (including phenoxy) is 3. The van der Waals surface area contributed by atoms with Crippen LogP contribution < -0.4 is 0 Å². The van der Waals surface area contributed by atoms with Crippen molar-refractivity contribution in [3.8, 4) is 0 Å². The third kappa shape index (κ3) is 4.79. The Balaban J connectivity index is 2.27. The van der Waals surface area contributed by atoms with Gasteiger partial charge in [0.1, 0.15) is 5.69 Å². The number of nitro groups is 1. The predicted molar refractivity (Wildman–Crippen MR) is 93.1 cm³/mol. The van der Waals surface area contributed by atoms with E-state index in [2.05, 4.69) is 5.10 Å². The van der Waals surface area contributed by atoms with Crippen LogP contribution in [-0.2, 0) is 26.2 Å². The van der Waals surface area contributed by atoms with E-state index in [4.69, 9.17) is 14.2 Å². The quantitative estimate of drug-likeness (QED) is 0.413. The molecule has 0 saturated carbocycles. The molecule has 9 nitrogen and oxygen atoms in total. The van der Waals surface area contributed by atoms with Gasteiger partial charge in [-0.2, -0.15) is 5.10 Å². The fourth-order valence-corrected chi connectivity index (χ4v) is 2.81. The van der Waals surface area contributed by atoms with Gasteiger partial charge in [0, 0.05) is 12.0 Å². The predicted octanol–water partition coefficient (Wildman–Crippen LogP) is 2.81. The van der Waals surface area contributed by atoms with Crippen molar-refractivity contribution in [1.29, 1.82) is 0 Å². The molecule has 0 aliphatic carbocycles. The smallest absolute Gasteiger partial charge is 0.363 e. The van der Waals surface area contributed by atoms with E-state index in [-0.39, 0.29) is 43.1 Å². The zero-order valence-electron chi connectivity index (χ0n) is 15.8. The van der Waals surface area contributed by atoms with Gasteiger partial charge in [-0.1, -0.05) is 20.8 Å². The van der Waals surface area contributed by atoms with Crippen molar-refractivity contribution in [3.05, 3.63) is 21.5 Å². The summed E-state index contributed by atoms with van der Waals surface area (Å²) in [5, 5.41) is 16.0. The first-order valence-corrected chi connectivity index (χ1v) is 8.91. The number of aromatic nitrogens is 2. The fourth-order valence-electron chi connectivity index (χ4n) is 2.81. The van der Waals surface area contributed by atoms with Gasteiger partial charge in [0.05, 0.1) is 24.7 Å². The Morgan fingerprint density at radius 2 is 2.15 bits per heavy atom. The highest BCUT2D eigenvalue weighted by Crippen LogP contribution is 2.33. The molecule has 0 amide bonds. The summed E-state index contributed by atoms with van der Waals surface area (Å²) in [6.45, 7) is 8.32. The first-order valence-electron chi connectivity index (χ1n) is 8.91. The van der Waals surface area contributed by atoms with Crippen LogP contribution in [0.15, 0.2) is 0 Å². The number of carbonyl (C=O) groups excluding carboxylic acids is 1. The molecular weight excluding hydrogens is 342 g/mol. The number of nitrogens with zero attached hydrogens (tertiary/aromatic N) is 3. The lowest BCUT2D eigenvalue weighted by atomic mass is 9.91. The van der Waals surface area contributed by atoms with Gasteiger partial charge in [0.25, 0.3) is 0 Å². The maximum absolute atomic E-state index is 12.3. The molecule has 9 heteroatoms. The third-order valence-corrected chi connectivity index (χ3v) is 4.03. The second-order valence-electron chi connectivity index (χ2n) is 7.16. The van der Waals surface area contributed by atoms with E-state index in [9.17, 15) is 14.9 Å². The van der Waals surface area contributed by atoms with E-state index in [1.165, 1.54) is 4.68 Å². The molecule has 1 atom stereocenters. The molecule has 1 aliphatic heterocycles. The molecular formula is C17H27N3O6. The minimum absolute atomic E-state index is 0.123. The van der Waals surface area contributed by atoms with E-state index >= 15 is 0 Å².